The Morgan fingerprint density at radius 1 is 1.44 bits per heavy atom. The van der Waals surface area contributed by atoms with Crippen LogP contribution >= 0.6 is 22.9 Å². The van der Waals surface area contributed by atoms with Crippen molar-refractivity contribution >= 4 is 45.4 Å². The van der Waals surface area contributed by atoms with Crippen molar-refractivity contribution in [3.05, 3.63) is 68.0 Å². The summed E-state index contributed by atoms with van der Waals surface area (Å²) in [5, 5.41) is 18.2. The number of rotatable bonds is 6. The van der Waals surface area contributed by atoms with Gasteiger partial charge in [-0.2, -0.15) is 5.10 Å². The summed E-state index contributed by atoms with van der Waals surface area (Å²) in [6.45, 7) is 4.35. The van der Waals surface area contributed by atoms with E-state index >= 15 is 0 Å². The first kappa shape index (κ1) is 17.1. The summed E-state index contributed by atoms with van der Waals surface area (Å²) in [6.07, 6.45) is 1.62. The zero-order valence-electron chi connectivity index (χ0n) is 12.9. The van der Waals surface area contributed by atoms with Gasteiger partial charge in [0, 0.05) is 28.9 Å². The van der Waals surface area contributed by atoms with Gasteiger partial charge in [-0.1, -0.05) is 17.7 Å². The molecule has 0 aliphatic heterocycles. The van der Waals surface area contributed by atoms with Gasteiger partial charge in [0.1, 0.15) is 0 Å². The number of carbonyl (C=O) groups excluding carboxylic acids is 1. The lowest BCUT2D eigenvalue weighted by molar-refractivity contribution is -0.384. The number of amides is 1. The minimum absolute atomic E-state index is 0.0942. The van der Waals surface area contributed by atoms with Gasteiger partial charge in [0.05, 0.1) is 21.3 Å². The molecule has 0 saturated carbocycles. The van der Waals surface area contributed by atoms with Crippen LogP contribution in [0.2, 0.25) is 4.34 Å². The molecule has 25 heavy (non-hydrogen) atoms. The van der Waals surface area contributed by atoms with E-state index in [1.807, 2.05) is 6.07 Å². The second-order valence-electron chi connectivity index (χ2n) is 5.24. The maximum absolute atomic E-state index is 12.9. The first-order chi connectivity index (χ1) is 12.0. The predicted molar refractivity (Wildman–Crippen MR) is 97.0 cm³/mol. The van der Waals surface area contributed by atoms with Crippen molar-refractivity contribution < 1.29 is 9.72 Å². The van der Waals surface area contributed by atoms with E-state index in [0.29, 0.717) is 28.3 Å². The van der Waals surface area contributed by atoms with Crippen molar-refractivity contribution in [2.24, 2.45) is 0 Å². The van der Waals surface area contributed by atoms with Crippen LogP contribution in [0.25, 0.3) is 10.9 Å². The van der Waals surface area contributed by atoms with Crippen LogP contribution in [0.3, 0.4) is 0 Å². The summed E-state index contributed by atoms with van der Waals surface area (Å²) >= 11 is 7.33. The van der Waals surface area contributed by atoms with Crippen molar-refractivity contribution in [2.75, 3.05) is 6.54 Å². The van der Waals surface area contributed by atoms with Crippen LogP contribution in [0.1, 0.15) is 15.4 Å². The molecule has 128 valence electrons. The number of nitro groups is 1. The molecule has 9 heteroatoms. The van der Waals surface area contributed by atoms with Crippen LogP contribution in [-0.4, -0.2) is 32.5 Å². The number of non-ortho nitro benzene ring substituents is 1. The number of aromatic amines is 1. The number of H-pyrrole nitrogens is 1. The highest BCUT2D eigenvalue weighted by Crippen LogP contribution is 2.26. The average Bonchev–Trinajstić information content (AvgIpc) is 3.19. The number of benzene rings is 1. The lowest BCUT2D eigenvalue weighted by atomic mass is 10.1. The second kappa shape index (κ2) is 7.04. The van der Waals surface area contributed by atoms with Gasteiger partial charge >= 0.3 is 0 Å². The first-order valence-corrected chi connectivity index (χ1v) is 8.46. The standard InChI is InChI=1S/C16H13ClN4O3S/c1-2-7-20(9-11-4-6-14(17)25-11)16(22)15-12-8-10(21(23)24)3-5-13(12)18-19-15/h2-6,8H,1,7,9H2,(H,18,19). The highest BCUT2D eigenvalue weighted by atomic mass is 35.5. The predicted octanol–water partition coefficient (Wildman–Crippen LogP) is 4.01. The molecular formula is C16H13ClN4O3S. The Kier molecular flexibility index (Phi) is 4.82. The molecule has 2 aromatic heterocycles. The third kappa shape index (κ3) is 3.54. The van der Waals surface area contributed by atoms with E-state index in [0.717, 1.165) is 4.88 Å². The lowest BCUT2D eigenvalue weighted by Gasteiger charge is -2.19. The van der Waals surface area contributed by atoms with Gasteiger partial charge in [-0.3, -0.25) is 20.0 Å². The molecule has 3 rings (SSSR count). The highest BCUT2D eigenvalue weighted by molar-refractivity contribution is 7.16. The molecule has 0 saturated heterocycles. The van der Waals surface area contributed by atoms with Gasteiger partial charge in [-0.05, 0) is 18.2 Å². The molecule has 0 fully saturated rings. The number of halogens is 1. The van der Waals surface area contributed by atoms with Crippen molar-refractivity contribution in [1.29, 1.82) is 0 Å². The Morgan fingerprint density at radius 2 is 2.24 bits per heavy atom. The minimum Gasteiger partial charge on any atom is -0.328 e. The molecule has 1 aromatic carbocycles. The molecule has 2 heterocycles. The van der Waals surface area contributed by atoms with Crippen LogP contribution in [-0.2, 0) is 6.54 Å². The molecule has 0 radical (unpaired) electrons. The number of nitro benzene ring substituents is 1. The van der Waals surface area contributed by atoms with Gasteiger partial charge in [0.25, 0.3) is 11.6 Å². The molecule has 0 atom stereocenters. The number of hydrogen-bond acceptors (Lipinski definition) is 5. The Balaban J connectivity index is 1.96. The minimum atomic E-state index is -0.504. The maximum Gasteiger partial charge on any atom is 0.275 e. The van der Waals surface area contributed by atoms with E-state index in [-0.39, 0.29) is 17.3 Å². The summed E-state index contributed by atoms with van der Waals surface area (Å²) in [5.41, 5.74) is 0.609. The van der Waals surface area contributed by atoms with E-state index in [1.165, 1.54) is 29.5 Å². The molecular weight excluding hydrogens is 364 g/mol. The van der Waals surface area contributed by atoms with E-state index in [4.69, 9.17) is 11.6 Å². The number of nitrogens with one attached hydrogen (secondary N) is 1. The van der Waals surface area contributed by atoms with Crippen LogP contribution < -0.4 is 0 Å². The highest BCUT2D eigenvalue weighted by Gasteiger charge is 2.22. The van der Waals surface area contributed by atoms with Gasteiger partial charge < -0.3 is 4.90 Å². The Bertz CT molecular complexity index is 965. The number of fused-ring (bicyclic) bond motifs is 1. The van der Waals surface area contributed by atoms with Gasteiger partial charge in [0.15, 0.2) is 5.69 Å². The number of hydrogen-bond donors (Lipinski definition) is 1. The molecule has 0 aliphatic rings. The first-order valence-electron chi connectivity index (χ1n) is 7.26. The monoisotopic (exact) mass is 376 g/mol. The average molecular weight is 377 g/mol. The van der Waals surface area contributed by atoms with Crippen molar-refractivity contribution in [3.8, 4) is 0 Å². The number of aromatic nitrogens is 2. The molecule has 0 spiro atoms. The number of thiophene rings is 1. The summed E-state index contributed by atoms with van der Waals surface area (Å²) in [7, 11) is 0. The maximum atomic E-state index is 12.9. The van der Waals surface area contributed by atoms with Crippen LogP contribution in [0.15, 0.2) is 43.0 Å². The molecule has 0 bridgehead atoms. The van der Waals surface area contributed by atoms with Crippen LogP contribution in [0.5, 0.6) is 0 Å². The quantitative estimate of drug-likeness (QED) is 0.399. The van der Waals surface area contributed by atoms with Gasteiger partial charge in [-0.15, -0.1) is 17.9 Å². The normalized spacial score (nSPS) is 10.8. The smallest absolute Gasteiger partial charge is 0.275 e. The molecule has 0 unspecified atom stereocenters. The number of nitrogens with zero attached hydrogens (tertiary/aromatic N) is 3. The van der Waals surface area contributed by atoms with Crippen molar-refractivity contribution in [1.82, 2.24) is 15.1 Å². The van der Waals surface area contributed by atoms with E-state index in [2.05, 4.69) is 16.8 Å². The fourth-order valence-corrected chi connectivity index (χ4v) is 3.53. The van der Waals surface area contributed by atoms with Crippen LogP contribution in [0, 0.1) is 10.1 Å². The summed E-state index contributed by atoms with van der Waals surface area (Å²) in [5.74, 6) is -0.337. The van der Waals surface area contributed by atoms with E-state index in [1.54, 1.807) is 17.0 Å². The Hall–Kier alpha value is -2.71. The van der Waals surface area contributed by atoms with Crippen molar-refractivity contribution in [2.45, 2.75) is 6.54 Å². The van der Waals surface area contributed by atoms with Crippen LogP contribution in [0.4, 0.5) is 5.69 Å². The van der Waals surface area contributed by atoms with Crippen molar-refractivity contribution in [3.63, 3.8) is 0 Å². The summed E-state index contributed by atoms with van der Waals surface area (Å²) in [4.78, 5) is 25.9. The third-order valence-corrected chi connectivity index (χ3v) is 4.79. The lowest BCUT2D eigenvalue weighted by Crippen LogP contribution is -2.30. The number of carbonyl (C=O) groups is 1. The Labute approximate surface area is 151 Å². The fourth-order valence-electron chi connectivity index (χ4n) is 2.43. The summed E-state index contributed by atoms with van der Waals surface area (Å²) < 4.78 is 0.641. The molecule has 1 N–H and O–H groups in total. The third-order valence-electron chi connectivity index (χ3n) is 3.57. The second-order valence-corrected chi connectivity index (χ2v) is 7.04. The SMILES string of the molecule is C=CCN(Cc1ccc(Cl)s1)C(=O)c1n[nH]c2ccc([N+](=O)[O-])cc12. The molecule has 7 nitrogen and oxygen atoms in total. The largest absolute Gasteiger partial charge is 0.328 e. The fraction of sp³-hybridized carbons (Fsp3) is 0.125. The van der Waals surface area contributed by atoms with Gasteiger partial charge in [-0.25, -0.2) is 0 Å². The Morgan fingerprint density at radius 3 is 2.88 bits per heavy atom. The van der Waals surface area contributed by atoms with E-state index in [9.17, 15) is 14.9 Å². The molecule has 0 aliphatic carbocycles. The zero-order chi connectivity index (χ0) is 18.0. The molecule has 3 aromatic rings. The summed E-state index contributed by atoms with van der Waals surface area (Å²) in [6, 6.07) is 7.87. The zero-order valence-corrected chi connectivity index (χ0v) is 14.5. The van der Waals surface area contributed by atoms with E-state index < -0.39 is 4.92 Å². The molecule has 1 amide bonds. The van der Waals surface area contributed by atoms with Gasteiger partial charge in [0.2, 0.25) is 0 Å². The topological polar surface area (TPSA) is 92.1 Å².